The molecule has 3 unspecified atom stereocenters. The molecule has 1 aliphatic carbocycles. The largest absolute Gasteiger partial charge is 0.341 e. The van der Waals surface area contributed by atoms with Gasteiger partial charge in [0.25, 0.3) is 0 Å². The van der Waals surface area contributed by atoms with Gasteiger partial charge in [-0.2, -0.15) is 0 Å². The van der Waals surface area contributed by atoms with Crippen molar-refractivity contribution in [1.82, 2.24) is 4.57 Å². The smallest absolute Gasteiger partial charge is 0.0485 e. The number of hydrogen-bond acceptors (Lipinski definition) is 1. The number of fused-ring (bicyclic) bond motifs is 1. The molecule has 0 amide bonds. The van der Waals surface area contributed by atoms with E-state index in [-0.39, 0.29) is 0 Å². The zero-order chi connectivity index (χ0) is 13.4. The lowest BCUT2D eigenvalue weighted by atomic mass is 9.78. The minimum Gasteiger partial charge on any atom is -0.341 e. The van der Waals surface area contributed by atoms with Crippen molar-refractivity contribution >= 4 is 10.9 Å². The molecule has 0 spiro atoms. The van der Waals surface area contributed by atoms with Crippen LogP contribution >= 0.6 is 0 Å². The van der Waals surface area contributed by atoms with Gasteiger partial charge in [-0.1, -0.05) is 31.5 Å². The van der Waals surface area contributed by atoms with E-state index in [9.17, 15) is 0 Å². The van der Waals surface area contributed by atoms with Gasteiger partial charge in [-0.15, -0.1) is 0 Å². The number of para-hydroxylation sites is 1. The first-order valence-corrected chi connectivity index (χ1v) is 7.47. The highest BCUT2D eigenvalue weighted by Crippen LogP contribution is 2.39. The molecule has 0 bridgehead atoms. The first kappa shape index (κ1) is 12.7. The van der Waals surface area contributed by atoms with Crippen LogP contribution in [0.5, 0.6) is 0 Å². The minimum atomic E-state index is 0.577. The zero-order valence-electron chi connectivity index (χ0n) is 12.0. The second-order valence-corrected chi connectivity index (χ2v) is 6.20. The second kappa shape index (κ2) is 5.01. The van der Waals surface area contributed by atoms with Crippen LogP contribution in [0, 0.1) is 18.8 Å². The normalized spacial score (nSPS) is 27.8. The molecule has 1 fully saturated rings. The molecule has 0 aliphatic heterocycles. The standard InChI is InChI=1S/C17H24N2/c1-12-7-8-15(11-18)17(9-12)19-13(2)10-14-5-3-4-6-16(14)19/h3-6,10,12,15,17H,7-9,11,18H2,1-2H3. The SMILES string of the molecule is Cc1cc2ccccc2n1C1CC(C)CCC1CN. The van der Waals surface area contributed by atoms with E-state index in [1.807, 2.05) is 0 Å². The van der Waals surface area contributed by atoms with Crippen molar-refractivity contribution in [3.63, 3.8) is 0 Å². The van der Waals surface area contributed by atoms with Crippen LogP contribution in [-0.2, 0) is 0 Å². The van der Waals surface area contributed by atoms with E-state index in [0.717, 1.165) is 12.5 Å². The molecule has 0 radical (unpaired) electrons. The number of nitrogens with zero attached hydrogens (tertiary/aromatic N) is 1. The van der Waals surface area contributed by atoms with Gasteiger partial charge in [0.2, 0.25) is 0 Å². The Hall–Kier alpha value is -1.28. The van der Waals surface area contributed by atoms with E-state index in [0.29, 0.717) is 12.0 Å². The maximum atomic E-state index is 6.03. The van der Waals surface area contributed by atoms with Crippen molar-refractivity contribution in [3.8, 4) is 0 Å². The summed E-state index contributed by atoms with van der Waals surface area (Å²) in [6, 6.07) is 11.6. The predicted molar refractivity (Wildman–Crippen MR) is 81.3 cm³/mol. The number of nitrogens with two attached hydrogens (primary N) is 1. The quantitative estimate of drug-likeness (QED) is 0.868. The molecular formula is C17H24N2. The van der Waals surface area contributed by atoms with Crippen LogP contribution in [0.4, 0.5) is 0 Å². The Bertz CT molecular complexity index is 570. The van der Waals surface area contributed by atoms with E-state index in [1.165, 1.54) is 35.9 Å². The van der Waals surface area contributed by atoms with Gasteiger partial charge >= 0.3 is 0 Å². The van der Waals surface area contributed by atoms with Crippen molar-refractivity contribution in [3.05, 3.63) is 36.0 Å². The van der Waals surface area contributed by atoms with Crippen molar-refractivity contribution in [2.45, 2.75) is 39.2 Å². The molecule has 2 N–H and O–H groups in total. The van der Waals surface area contributed by atoms with Crippen molar-refractivity contribution < 1.29 is 0 Å². The summed E-state index contributed by atoms with van der Waals surface area (Å²) in [6.45, 7) is 5.41. The monoisotopic (exact) mass is 256 g/mol. The van der Waals surface area contributed by atoms with Gasteiger partial charge in [0.05, 0.1) is 0 Å². The number of rotatable bonds is 2. The Balaban J connectivity index is 2.08. The molecule has 19 heavy (non-hydrogen) atoms. The fraction of sp³-hybridized carbons (Fsp3) is 0.529. The first-order valence-electron chi connectivity index (χ1n) is 7.47. The molecule has 2 aromatic rings. The summed E-state index contributed by atoms with van der Waals surface area (Å²) in [5.41, 5.74) is 8.77. The summed E-state index contributed by atoms with van der Waals surface area (Å²) in [5, 5.41) is 1.36. The molecule has 0 saturated heterocycles. The third kappa shape index (κ3) is 2.18. The minimum absolute atomic E-state index is 0.577. The summed E-state index contributed by atoms with van der Waals surface area (Å²) in [5.74, 6) is 1.44. The fourth-order valence-electron chi connectivity index (χ4n) is 3.76. The zero-order valence-corrected chi connectivity index (χ0v) is 12.0. The van der Waals surface area contributed by atoms with Crippen LogP contribution in [0.2, 0.25) is 0 Å². The molecule has 1 aromatic carbocycles. The Kier molecular flexibility index (Phi) is 3.36. The Labute approximate surface area is 115 Å². The van der Waals surface area contributed by atoms with Gasteiger partial charge in [0, 0.05) is 17.3 Å². The number of aryl methyl sites for hydroxylation is 1. The third-order valence-corrected chi connectivity index (χ3v) is 4.79. The second-order valence-electron chi connectivity index (χ2n) is 6.20. The summed E-state index contributed by atoms with van der Waals surface area (Å²) in [6.07, 6.45) is 3.87. The Morgan fingerprint density at radius 2 is 2.05 bits per heavy atom. The van der Waals surface area contributed by atoms with Crippen LogP contribution in [-0.4, -0.2) is 11.1 Å². The van der Waals surface area contributed by atoms with E-state index >= 15 is 0 Å². The van der Waals surface area contributed by atoms with E-state index in [4.69, 9.17) is 5.73 Å². The molecule has 2 nitrogen and oxygen atoms in total. The van der Waals surface area contributed by atoms with Crippen molar-refractivity contribution in [1.29, 1.82) is 0 Å². The molecule has 1 aromatic heterocycles. The van der Waals surface area contributed by atoms with Crippen molar-refractivity contribution in [2.75, 3.05) is 6.54 Å². The van der Waals surface area contributed by atoms with Gasteiger partial charge in [-0.25, -0.2) is 0 Å². The van der Waals surface area contributed by atoms with Gasteiger partial charge in [0.1, 0.15) is 0 Å². The maximum absolute atomic E-state index is 6.03. The number of aromatic nitrogens is 1. The summed E-state index contributed by atoms with van der Waals surface area (Å²) >= 11 is 0. The number of benzene rings is 1. The fourth-order valence-corrected chi connectivity index (χ4v) is 3.76. The van der Waals surface area contributed by atoms with Crippen LogP contribution in [0.25, 0.3) is 10.9 Å². The molecule has 102 valence electrons. The topological polar surface area (TPSA) is 30.9 Å². The lowest BCUT2D eigenvalue weighted by Crippen LogP contribution is -2.32. The highest BCUT2D eigenvalue weighted by atomic mass is 15.0. The molecule has 3 rings (SSSR count). The maximum Gasteiger partial charge on any atom is 0.0485 e. The highest BCUT2D eigenvalue weighted by Gasteiger charge is 2.30. The average molecular weight is 256 g/mol. The van der Waals surface area contributed by atoms with E-state index in [1.54, 1.807) is 0 Å². The first-order chi connectivity index (χ1) is 9.20. The van der Waals surface area contributed by atoms with Crippen molar-refractivity contribution in [2.24, 2.45) is 17.6 Å². The molecule has 2 heteroatoms. The van der Waals surface area contributed by atoms with Gasteiger partial charge in [-0.3, -0.25) is 0 Å². The van der Waals surface area contributed by atoms with Crippen LogP contribution in [0.3, 0.4) is 0 Å². The molecule has 3 atom stereocenters. The number of hydrogen-bond donors (Lipinski definition) is 1. The van der Waals surface area contributed by atoms with Gasteiger partial charge < -0.3 is 10.3 Å². The van der Waals surface area contributed by atoms with Gasteiger partial charge in [-0.05, 0) is 55.7 Å². The summed E-state index contributed by atoms with van der Waals surface area (Å²) in [4.78, 5) is 0. The van der Waals surface area contributed by atoms with Gasteiger partial charge in [0.15, 0.2) is 0 Å². The molecule has 1 heterocycles. The van der Waals surface area contributed by atoms with Crippen LogP contribution in [0.1, 0.15) is 37.9 Å². The lowest BCUT2D eigenvalue weighted by Gasteiger charge is -2.36. The Morgan fingerprint density at radius 3 is 2.84 bits per heavy atom. The Morgan fingerprint density at radius 1 is 1.26 bits per heavy atom. The third-order valence-electron chi connectivity index (χ3n) is 4.79. The van der Waals surface area contributed by atoms with Crippen LogP contribution < -0.4 is 5.73 Å². The predicted octanol–water partition coefficient (Wildman–Crippen LogP) is 3.89. The molecule has 1 aliphatic rings. The average Bonchev–Trinajstić information content (AvgIpc) is 2.74. The lowest BCUT2D eigenvalue weighted by molar-refractivity contribution is 0.200. The molecule has 1 saturated carbocycles. The summed E-state index contributed by atoms with van der Waals surface area (Å²) < 4.78 is 2.54. The van der Waals surface area contributed by atoms with Crippen LogP contribution in [0.15, 0.2) is 30.3 Å². The highest BCUT2D eigenvalue weighted by molar-refractivity contribution is 5.81. The molecular weight excluding hydrogens is 232 g/mol. The van der Waals surface area contributed by atoms with E-state index in [2.05, 4.69) is 48.7 Å². The summed E-state index contributed by atoms with van der Waals surface area (Å²) in [7, 11) is 0. The van der Waals surface area contributed by atoms with E-state index < -0.39 is 0 Å².